The van der Waals surface area contributed by atoms with Gasteiger partial charge in [0.2, 0.25) is 5.91 Å². The summed E-state index contributed by atoms with van der Waals surface area (Å²) in [5.41, 5.74) is 2.37. The molecule has 4 heteroatoms. The van der Waals surface area contributed by atoms with Crippen molar-refractivity contribution in [1.82, 2.24) is 4.90 Å². The van der Waals surface area contributed by atoms with E-state index >= 15 is 0 Å². The highest BCUT2D eigenvalue weighted by atomic mass is 35.5. The first kappa shape index (κ1) is 14.6. The van der Waals surface area contributed by atoms with Crippen LogP contribution in [0.3, 0.4) is 0 Å². The predicted molar refractivity (Wildman–Crippen MR) is 87.7 cm³/mol. The summed E-state index contributed by atoms with van der Waals surface area (Å²) < 4.78 is 0. The molecule has 0 aliphatic heterocycles. The van der Waals surface area contributed by atoms with Crippen LogP contribution in [0.25, 0.3) is 0 Å². The number of rotatable bonds is 6. The second kappa shape index (κ2) is 6.63. The van der Waals surface area contributed by atoms with Gasteiger partial charge >= 0.3 is 0 Å². The van der Waals surface area contributed by atoms with E-state index in [0.717, 1.165) is 36.4 Å². The van der Waals surface area contributed by atoms with Crippen LogP contribution in [0.5, 0.6) is 0 Å². The first-order valence-electron chi connectivity index (χ1n) is 7.27. The van der Waals surface area contributed by atoms with Crippen LogP contribution in [0.2, 0.25) is 5.02 Å². The van der Waals surface area contributed by atoms with Gasteiger partial charge in [0, 0.05) is 24.0 Å². The quantitative estimate of drug-likeness (QED) is 0.766. The molecule has 0 atom stereocenters. The van der Waals surface area contributed by atoms with Crippen molar-refractivity contribution in [2.24, 2.45) is 0 Å². The topological polar surface area (TPSA) is 20.3 Å². The van der Waals surface area contributed by atoms with Gasteiger partial charge in [0.1, 0.15) is 0 Å². The zero-order valence-electron chi connectivity index (χ0n) is 11.8. The smallest absolute Gasteiger partial charge is 0.223 e. The Balaban J connectivity index is 1.59. The Kier molecular flexibility index (Phi) is 4.61. The Morgan fingerprint density at radius 3 is 2.81 bits per heavy atom. The summed E-state index contributed by atoms with van der Waals surface area (Å²) >= 11 is 7.67. The van der Waals surface area contributed by atoms with Crippen molar-refractivity contribution >= 4 is 28.8 Å². The molecule has 1 saturated carbocycles. The molecule has 1 amide bonds. The van der Waals surface area contributed by atoms with Gasteiger partial charge in [0.25, 0.3) is 0 Å². The Morgan fingerprint density at radius 2 is 2.14 bits per heavy atom. The van der Waals surface area contributed by atoms with E-state index in [1.54, 1.807) is 11.3 Å². The lowest BCUT2D eigenvalue weighted by molar-refractivity contribution is -0.132. The summed E-state index contributed by atoms with van der Waals surface area (Å²) in [4.78, 5) is 14.6. The lowest BCUT2D eigenvalue weighted by Gasteiger charge is -2.22. The van der Waals surface area contributed by atoms with Crippen molar-refractivity contribution < 1.29 is 4.79 Å². The van der Waals surface area contributed by atoms with Gasteiger partial charge in [-0.2, -0.15) is 11.3 Å². The number of halogens is 1. The number of thiophene rings is 1. The molecule has 1 aromatic carbocycles. The molecule has 1 aromatic heterocycles. The SMILES string of the molecule is O=C(CCc1cccc(Cl)c1)N(Cc1ccsc1)C1CC1. The van der Waals surface area contributed by atoms with Gasteiger partial charge in [-0.3, -0.25) is 4.79 Å². The third kappa shape index (κ3) is 4.08. The zero-order valence-corrected chi connectivity index (χ0v) is 13.4. The molecule has 0 bridgehead atoms. The van der Waals surface area contributed by atoms with Crippen LogP contribution in [0.4, 0.5) is 0 Å². The Hall–Kier alpha value is -1.32. The van der Waals surface area contributed by atoms with Gasteiger partial charge in [-0.05, 0) is 59.3 Å². The summed E-state index contributed by atoms with van der Waals surface area (Å²) in [6, 6.07) is 10.3. The molecular formula is C17H18ClNOS. The fourth-order valence-corrected chi connectivity index (χ4v) is 3.35. The van der Waals surface area contributed by atoms with Crippen LogP contribution in [-0.4, -0.2) is 16.8 Å². The number of carbonyl (C=O) groups excluding carboxylic acids is 1. The van der Waals surface area contributed by atoms with E-state index in [0.29, 0.717) is 12.5 Å². The first-order chi connectivity index (χ1) is 10.2. The minimum atomic E-state index is 0.253. The number of hydrogen-bond acceptors (Lipinski definition) is 2. The van der Waals surface area contributed by atoms with Gasteiger partial charge in [-0.15, -0.1) is 0 Å². The van der Waals surface area contributed by atoms with E-state index in [4.69, 9.17) is 11.6 Å². The average molecular weight is 320 g/mol. The monoisotopic (exact) mass is 319 g/mol. The molecule has 2 aromatic rings. The fourth-order valence-electron chi connectivity index (χ4n) is 2.47. The third-order valence-corrected chi connectivity index (χ3v) is 4.72. The molecule has 0 unspecified atom stereocenters. The van der Waals surface area contributed by atoms with Crippen LogP contribution < -0.4 is 0 Å². The van der Waals surface area contributed by atoms with E-state index < -0.39 is 0 Å². The number of benzene rings is 1. The summed E-state index contributed by atoms with van der Waals surface area (Å²) in [5, 5.41) is 4.92. The zero-order chi connectivity index (χ0) is 14.7. The minimum absolute atomic E-state index is 0.253. The maximum atomic E-state index is 12.5. The molecule has 21 heavy (non-hydrogen) atoms. The number of hydrogen-bond donors (Lipinski definition) is 0. The molecular weight excluding hydrogens is 302 g/mol. The third-order valence-electron chi connectivity index (χ3n) is 3.76. The van der Waals surface area contributed by atoms with E-state index in [2.05, 4.69) is 16.8 Å². The highest BCUT2D eigenvalue weighted by molar-refractivity contribution is 7.07. The standard InChI is InChI=1S/C17H18ClNOS/c18-15-3-1-2-13(10-15)4-7-17(20)19(16-5-6-16)11-14-8-9-21-12-14/h1-3,8-10,12,16H,4-7,11H2. The normalized spacial score (nSPS) is 14.1. The van der Waals surface area contributed by atoms with Crippen LogP contribution in [-0.2, 0) is 17.8 Å². The van der Waals surface area contributed by atoms with Crippen LogP contribution in [0.15, 0.2) is 41.1 Å². The number of nitrogens with zero attached hydrogens (tertiary/aromatic N) is 1. The van der Waals surface area contributed by atoms with Gasteiger partial charge in [-0.1, -0.05) is 23.7 Å². The molecule has 1 aliphatic carbocycles. The van der Waals surface area contributed by atoms with Gasteiger partial charge in [0.05, 0.1) is 0 Å². The molecule has 1 aliphatic rings. The van der Waals surface area contributed by atoms with Gasteiger partial charge in [-0.25, -0.2) is 0 Å². The van der Waals surface area contributed by atoms with Crippen molar-refractivity contribution in [2.75, 3.05) is 0 Å². The molecule has 1 fully saturated rings. The number of aryl methyl sites for hydroxylation is 1. The molecule has 3 rings (SSSR count). The first-order valence-corrected chi connectivity index (χ1v) is 8.59. The number of amides is 1. The van der Waals surface area contributed by atoms with Crippen molar-refractivity contribution in [3.05, 3.63) is 57.2 Å². The van der Waals surface area contributed by atoms with Crippen LogP contribution in [0.1, 0.15) is 30.4 Å². The van der Waals surface area contributed by atoms with Crippen LogP contribution >= 0.6 is 22.9 Å². The highest BCUT2D eigenvalue weighted by Crippen LogP contribution is 2.29. The van der Waals surface area contributed by atoms with E-state index in [-0.39, 0.29) is 5.91 Å². The molecule has 2 nitrogen and oxygen atoms in total. The second-order valence-electron chi connectivity index (χ2n) is 5.51. The lowest BCUT2D eigenvalue weighted by atomic mass is 10.1. The Bertz CT molecular complexity index is 607. The minimum Gasteiger partial charge on any atom is -0.335 e. The molecule has 0 N–H and O–H groups in total. The lowest BCUT2D eigenvalue weighted by Crippen LogP contribution is -2.32. The van der Waals surface area contributed by atoms with Crippen molar-refractivity contribution in [3.63, 3.8) is 0 Å². The largest absolute Gasteiger partial charge is 0.335 e. The summed E-state index contributed by atoms with van der Waals surface area (Å²) in [7, 11) is 0. The van der Waals surface area contributed by atoms with Crippen molar-refractivity contribution in [2.45, 2.75) is 38.3 Å². The van der Waals surface area contributed by atoms with Crippen molar-refractivity contribution in [3.8, 4) is 0 Å². The van der Waals surface area contributed by atoms with E-state index in [1.165, 1.54) is 5.56 Å². The van der Waals surface area contributed by atoms with Crippen molar-refractivity contribution in [1.29, 1.82) is 0 Å². The molecule has 0 saturated heterocycles. The van der Waals surface area contributed by atoms with Crippen LogP contribution in [0, 0.1) is 0 Å². The predicted octanol–water partition coefficient (Wildman–Crippen LogP) is 4.53. The second-order valence-corrected chi connectivity index (χ2v) is 6.73. The fraction of sp³-hybridized carbons (Fsp3) is 0.353. The summed E-state index contributed by atoms with van der Waals surface area (Å²) in [5.74, 6) is 0.253. The maximum absolute atomic E-state index is 12.5. The molecule has 110 valence electrons. The van der Waals surface area contributed by atoms with E-state index in [1.807, 2.05) is 29.2 Å². The summed E-state index contributed by atoms with van der Waals surface area (Å²) in [6.45, 7) is 0.753. The maximum Gasteiger partial charge on any atom is 0.223 e. The van der Waals surface area contributed by atoms with Gasteiger partial charge in [0.15, 0.2) is 0 Å². The summed E-state index contributed by atoms with van der Waals surface area (Å²) in [6.07, 6.45) is 3.60. The molecule has 0 spiro atoms. The molecule has 0 radical (unpaired) electrons. The van der Waals surface area contributed by atoms with E-state index in [9.17, 15) is 4.79 Å². The Morgan fingerprint density at radius 1 is 1.29 bits per heavy atom. The highest BCUT2D eigenvalue weighted by Gasteiger charge is 2.32. The Labute approximate surface area is 134 Å². The average Bonchev–Trinajstić information content (AvgIpc) is 3.19. The molecule has 1 heterocycles. The van der Waals surface area contributed by atoms with Gasteiger partial charge < -0.3 is 4.90 Å². The number of carbonyl (C=O) groups is 1.